The summed E-state index contributed by atoms with van der Waals surface area (Å²) in [5.41, 5.74) is 1.75. The molecule has 1 atom stereocenters. The van der Waals surface area contributed by atoms with Crippen molar-refractivity contribution in [3.8, 4) is 33.4 Å². The second kappa shape index (κ2) is 11.4. The molecule has 1 saturated heterocycles. The average Bonchev–Trinajstić information content (AvgIpc) is 3.53. The zero-order chi connectivity index (χ0) is 29.4. The number of alkyl halides is 3. The Morgan fingerprint density at radius 1 is 1.07 bits per heavy atom. The summed E-state index contributed by atoms with van der Waals surface area (Å²) in [4.78, 5) is 2.45. The van der Waals surface area contributed by atoms with Gasteiger partial charge in [-0.05, 0) is 54.4 Å². The summed E-state index contributed by atoms with van der Waals surface area (Å²) in [5, 5.41) is 9.59. The largest absolute Gasteiger partial charge is 0.488 e. The second-order valence-electron chi connectivity index (χ2n) is 9.58. The van der Waals surface area contributed by atoms with E-state index in [-0.39, 0.29) is 14.9 Å². The molecule has 0 radical (unpaired) electrons. The lowest BCUT2D eigenvalue weighted by atomic mass is 9.99. The molecular formula is C29H23ClF3N3O3S2. The number of sulfonamides is 1. The molecule has 0 bridgehead atoms. The number of benzene rings is 3. The maximum Gasteiger partial charge on any atom is 0.419 e. The molecule has 0 amide bonds. The molecule has 1 aromatic heterocycles. The van der Waals surface area contributed by atoms with Crippen LogP contribution in [0.1, 0.15) is 17.5 Å². The highest BCUT2D eigenvalue weighted by molar-refractivity contribution is 7.94. The molecular weight excluding hydrogens is 595 g/mol. The van der Waals surface area contributed by atoms with Crippen molar-refractivity contribution in [2.75, 3.05) is 24.9 Å². The Kier molecular flexibility index (Phi) is 8.03. The maximum absolute atomic E-state index is 13.6. The third-order valence-corrected chi connectivity index (χ3v) is 10.1. The van der Waals surface area contributed by atoms with E-state index in [1.807, 2.05) is 36.2 Å². The van der Waals surface area contributed by atoms with Crippen molar-refractivity contribution in [3.05, 3.63) is 88.9 Å². The first kappa shape index (κ1) is 29.0. The number of rotatable bonds is 7. The van der Waals surface area contributed by atoms with E-state index in [1.54, 1.807) is 24.3 Å². The zero-order valence-electron chi connectivity index (χ0n) is 21.6. The summed E-state index contributed by atoms with van der Waals surface area (Å²) in [5.74, 6) is -0.430. The van der Waals surface area contributed by atoms with Crippen molar-refractivity contribution in [1.29, 1.82) is 5.26 Å². The monoisotopic (exact) mass is 617 g/mol. The van der Waals surface area contributed by atoms with Gasteiger partial charge >= 0.3 is 6.18 Å². The van der Waals surface area contributed by atoms with Crippen LogP contribution < -0.4 is 9.46 Å². The second-order valence-corrected chi connectivity index (χ2v) is 13.0. The van der Waals surface area contributed by atoms with Gasteiger partial charge in [-0.1, -0.05) is 54.1 Å². The lowest BCUT2D eigenvalue weighted by Gasteiger charge is -2.19. The molecule has 5 rings (SSSR count). The number of halogens is 4. The maximum atomic E-state index is 13.6. The Balaban J connectivity index is 1.40. The highest BCUT2D eigenvalue weighted by atomic mass is 35.5. The SMILES string of the molecule is CN1CC[C@@H](Oc2cc(NS(=O)(=O)c3cc(Cl)c(-c4ccc(-c5ccccc5C#N)cc4)s3)ccc2C(F)(F)F)C1. The van der Waals surface area contributed by atoms with Crippen LogP contribution >= 0.6 is 22.9 Å². The molecule has 1 fully saturated rings. The summed E-state index contributed by atoms with van der Waals surface area (Å²) in [7, 11) is -2.33. The Hall–Kier alpha value is -3.56. The van der Waals surface area contributed by atoms with Gasteiger partial charge < -0.3 is 9.64 Å². The topological polar surface area (TPSA) is 82.4 Å². The smallest absolute Gasteiger partial charge is 0.419 e. The van der Waals surface area contributed by atoms with E-state index in [4.69, 9.17) is 16.3 Å². The number of nitrogens with one attached hydrogen (secondary N) is 1. The van der Waals surface area contributed by atoms with Gasteiger partial charge in [0.25, 0.3) is 10.0 Å². The highest BCUT2D eigenvalue weighted by Crippen LogP contribution is 2.41. The van der Waals surface area contributed by atoms with Gasteiger partial charge in [-0.15, -0.1) is 11.3 Å². The molecule has 1 N–H and O–H groups in total. The molecule has 3 aromatic carbocycles. The van der Waals surface area contributed by atoms with E-state index in [2.05, 4.69) is 10.8 Å². The first-order valence-corrected chi connectivity index (χ1v) is 15.1. The molecule has 0 unspecified atom stereocenters. The lowest BCUT2D eigenvalue weighted by Crippen LogP contribution is -2.23. The van der Waals surface area contributed by atoms with Crippen molar-refractivity contribution in [2.45, 2.75) is 22.9 Å². The Bertz CT molecular complexity index is 1730. The van der Waals surface area contributed by atoms with Gasteiger partial charge in [-0.3, -0.25) is 4.72 Å². The van der Waals surface area contributed by atoms with Crippen LogP contribution in [0, 0.1) is 11.3 Å². The van der Waals surface area contributed by atoms with Crippen molar-refractivity contribution < 1.29 is 26.3 Å². The van der Waals surface area contributed by atoms with Crippen molar-refractivity contribution in [2.24, 2.45) is 0 Å². The van der Waals surface area contributed by atoms with E-state index in [9.17, 15) is 26.9 Å². The standard InChI is InChI=1S/C29H23ClF3N3O3S2/c1-36-13-12-22(17-36)39-26-14-21(10-11-24(26)29(31,32)33)35-41(37,38)27-15-25(30)28(40-27)19-8-6-18(7-9-19)23-5-3-2-4-20(23)16-34/h2-11,14-15,22,35H,12-13,17H2,1H3/t22-/m1/s1. The van der Waals surface area contributed by atoms with Gasteiger partial charge in [0.15, 0.2) is 0 Å². The summed E-state index contributed by atoms with van der Waals surface area (Å²) in [6, 6.07) is 20.8. The van der Waals surface area contributed by atoms with Crippen LogP contribution in [0.25, 0.3) is 21.6 Å². The number of thiophene rings is 1. The molecule has 1 aliphatic rings. The van der Waals surface area contributed by atoms with Crippen molar-refractivity contribution >= 4 is 38.6 Å². The first-order valence-electron chi connectivity index (χ1n) is 12.4. The van der Waals surface area contributed by atoms with Crippen molar-refractivity contribution in [3.63, 3.8) is 0 Å². The molecule has 6 nitrogen and oxygen atoms in total. The number of likely N-dealkylation sites (tertiary alicyclic amines) is 1. The molecule has 41 heavy (non-hydrogen) atoms. The number of likely N-dealkylation sites (N-methyl/N-ethyl adjacent to an activating group) is 1. The van der Waals surface area contributed by atoms with Crippen LogP contribution in [0.15, 0.2) is 77.0 Å². The number of nitriles is 1. The van der Waals surface area contributed by atoms with Gasteiger partial charge in [0.05, 0.1) is 32.8 Å². The molecule has 2 heterocycles. The van der Waals surface area contributed by atoms with E-state index in [0.717, 1.165) is 40.7 Å². The third-order valence-electron chi connectivity index (χ3n) is 6.62. The minimum absolute atomic E-state index is 0.0639. The Morgan fingerprint density at radius 2 is 1.78 bits per heavy atom. The summed E-state index contributed by atoms with van der Waals surface area (Å²) in [6.45, 7) is 1.16. The number of anilines is 1. The summed E-state index contributed by atoms with van der Waals surface area (Å²) < 4.78 is 75.3. The number of nitrogens with zero attached hydrogens (tertiary/aromatic N) is 2. The number of ether oxygens (including phenoxy) is 1. The molecule has 212 valence electrons. The van der Waals surface area contributed by atoms with Gasteiger partial charge in [-0.25, -0.2) is 8.42 Å². The van der Waals surface area contributed by atoms with Crippen molar-refractivity contribution in [1.82, 2.24) is 4.90 Å². The quantitative estimate of drug-likeness (QED) is 0.232. The number of hydrogen-bond acceptors (Lipinski definition) is 6. The van der Waals surface area contributed by atoms with Gasteiger partial charge in [0, 0.05) is 19.2 Å². The van der Waals surface area contributed by atoms with E-state index in [0.29, 0.717) is 35.5 Å². The molecule has 1 aliphatic heterocycles. The minimum Gasteiger partial charge on any atom is -0.488 e. The van der Waals surface area contributed by atoms with E-state index >= 15 is 0 Å². The molecule has 0 spiro atoms. The minimum atomic E-state index is -4.67. The fraction of sp³-hybridized carbons (Fsp3) is 0.207. The van der Waals surface area contributed by atoms with Crippen LogP contribution in [0.3, 0.4) is 0 Å². The first-order chi connectivity index (χ1) is 19.4. The number of hydrogen-bond donors (Lipinski definition) is 1. The van der Waals surface area contributed by atoms with Crippen LogP contribution in [-0.4, -0.2) is 39.6 Å². The van der Waals surface area contributed by atoms with E-state index < -0.39 is 33.6 Å². The Labute approximate surface area is 244 Å². The summed E-state index contributed by atoms with van der Waals surface area (Å²) in [6.07, 6.45) is -4.54. The predicted octanol–water partition coefficient (Wildman–Crippen LogP) is 7.51. The average molecular weight is 618 g/mol. The zero-order valence-corrected chi connectivity index (χ0v) is 24.0. The van der Waals surface area contributed by atoms with E-state index in [1.165, 1.54) is 6.07 Å². The fourth-order valence-corrected chi connectivity index (χ4v) is 7.48. The molecule has 0 aliphatic carbocycles. The highest BCUT2D eigenvalue weighted by Gasteiger charge is 2.36. The lowest BCUT2D eigenvalue weighted by molar-refractivity contribution is -0.139. The van der Waals surface area contributed by atoms with Crippen LogP contribution in [0.2, 0.25) is 5.02 Å². The third kappa shape index (κ3) is 6.36. The van der Waals surface area contributed by atoms with Crippen LogP contribution in [0.4, 0.5) is 18.9 Å². The predicted molar refractivity (Wildman–Crippen MR) is 154 cm³/mol. The summed E-state index contributed by atoms with van der Waals surface area (Å²) >= 11 is 7.36. The van der Waals surface area contributed by atoms with Gasteiger partial charge in [-0.2, -0.15) is 18.4 Å². The van der Waals surface area contributed by atoms with Gasteiger partial charge in [0.2, 0.25) is 0 Å². The normalized spacial score (nSPS) is 16.0. The fourth-order valence-electron chi connectivity index (χ4n) is 4.60. The van der Waals surface area contributed by atoms with Gasteiger partial charge in [0.1, 0.15) is 16.1 Å². The molecule has 0 saturated carbocycles. The molecule has 12 heteroatoms. The molecule has 4 aromatic rings. The van der Waals surface area contributed by atoms with Crippen LogP contribution in [-0.2, 0) is 16.2 Å². The van der Waals surface area contributed by atoms with Crippen LogP contribution in [0.5, 0.6) is 5.75 Å². The Morgan fingerprint density at radius 3 is 2.44 bits per heavy atom.